The predicted molar refractivity (Wildman–Crippen MR) is 118 cm³/mol. The molecule has 1 aromatic heterocycles. The second-order valence-electron chi connectivity index (χ2n) is 6.33. The number of aromatic nitrogens is 1. The Morgan fingerprint density at radius 2 is 2.00 bits per heavy atom. The molecule has 2 N–H and O–H groups in total. The standard InChI is InChI=1S/C18H30N6O2.HI/c1-23(2)17(25)15-22-18(20-8-6-16-5-3-4-7-19-16)21-9-10-24-11-13-26-14-12-24;/h3-5,7H,6,8-15H2,1-2H3,(H2,20,21,22);1H. The normalized spacial score (nSPS) is 15.0. The van der Waals surface area contributed by atoms with Gasteiger partial charge in [-0.1, -0.05) is 6.07 Å². The van der Waals surface area contributed by atoms with E-state index in [0.29, 0.717) is 12.5 Å². The van der Waals surface area contributed by atoms with Gasteiger partial charge in [0.2, 0.25) is 5.91 Å². The van der Waals surface area contributed by atoms with Crippen molar-refractivity contribution < 1.29 is 9.53 Å². The van der Waals surface area contributed by atoms with Crippen molar-refractivity contribution in [1.29, 1.82) is 0 Å². The lowest BCUT2D eigenvalue weighted by molar-refractivity contribution is -0.127. The van der Waals surface area contributed by atoms with Gasteiger partial charge in [0, 0.05) is 65.1 Å². The smallest absolute Gasteiger partial charge is 0.243 e. The molecule has 8 nitrogen and oxygen atoms in total. The number of ether oxygens (including phenoxy) is 1. The fourth-order valence-corrected chi connectivity index (χ4v) is 2.47. The molecule has 0 bridgehead atoms. The van der Waals surface area contributed by atoms with E-state index >= 15 is 0 Å². The van der Waals surface area contributed by atoms with Crippen LogP contribution in [0.15, 0.2) is 29.4 Å². The summed E-state index contributed by atoms with van der Waals surface area (Å²) in [5.41, 5.74) is 1.03. The van der Waals surface area contributed by atoms with E-state index in [9.17, 15) is 4.79 Å². The van der Waals surface area contributed by atoms with E-state index in [1.807, 2.05) is 18.2 Å². The highest BCUT2D eigenvalue weighted by Crippen LogP contribution is 1.95. The number of hydrogen-bond donors (Lipinski definition) is 2. The monoisotopic (exact) mass is 490 g/mol. The van der Waals surface area contributed by atoms with Gasteiger partial charge in [-0.15, -0.1) is 24.0 Å². The Hall–Kier alpha value is -1.46. The van der Waals surface area contributed by atoms with Crippen LogP contribution in [-0.2, 0) is 16.0 Å². The zero-order valence-corrected chi connectivity index (χ0v) is 18.5. The first-order valence-electron chi connectivity index (χ1n) is 9.07. The molecule has 0 saturated carbocycles. The SMILES string of the molecule is CN(C)C(=O)CN=C(NCCc1ccccn1)NCCN1CCOCC1.I. The summed E-state index contributed by atoms with van der Waals surface area (Å²) in [6.45, 7) is 6.03. The van der Waals surface area contributed by atoms with Crippen molar-refractivity contribution in [2.24, 2.45) is 4.99 Å². The lowest BCUT2D eigenvalue weighted by Gasteiger charge is -2.26. The molecule has 9 heteroatoms. The Labute approximate surface area is 178 Å². The molecule has 0 aromatic carbocycles. The number of guanidine groups is 1. The Bertz CT molecular complexity index is 564. The maximum Gasteiger partial charge on any atom is 0.243 e. The molecule has 152 valence electrons. The molecule has 0 spiro atoms. The summed E-state index contributed by atoms with van der Waals surface area (Å²) in [6, 6.07) is 5.89. The van der Waals surface area contributed by atoms with Crippen LogP contribution >= 0.6 is 24.0 Å². The molecule has 1 saturated heterocycles. The van der Waals surface area contributed by atoms with Gasteiger partial charge >= 0.3 is 0 Å². The quantitative estimate of drug-likeness (QED) is 0.308. The minimum Gasteiger partial charge on any atom is -0.379 e. The van der Waals surface area contributed by atoms with Crippen molar-refractivity contribution in [1.82, 2.24) is 25.4 Å². The van der Waals surface area contributed by atoms with Gasteiger partial charge in [0.25, 0.3) is 0 Å². The summed E-state index contributed by atoms with van der Waals surface area (Å²) >= 11 is 0. The highest BCUT2D eigenvalue weighted by Gasteiger charge is 2.10. The van der Waals surface area contributed by atoms with E-state index in [-0.39, 0.29) is 36.4 Å². The Balaban J connectivity index is 0.00000364. The number of hydrogen-bond acceptors (Lipinski definition) is 5. The number of nitrogens with zero attached hydrogens (tertiary/aromatic N) is 4. The van der Waals surface area contributed by atoms with Crippen LogP contribution in [0, 0.1) is 0 Å². The molecule has 0 radical (unpaired) electrons. The summed E-state index contributed by atoms with van der Waals surface area (Å²) in [5.74, 6) is 0.633. The third kappa shape index (κ3) is 9.87. The second-order valence-corrected chi connectivity index (χ2v) is 6.33. The van der Waals surface area contributed by atoms with E-state index in [4.69, 9.17) is 4.74 Å². The van der Waals surface area contributed by atoms with Gasteiger partial charge in [0.05, 0.1) is 13.2 Å². The zero-order valence-electron chi connectivity index (χ0n) is 16.2. The summed E-state index contributed by atoms with van der Waals surface area (Å²) in [6.07, 6.45) is 2.59. The van der Waals surface area contributed by atoms with Crippen LogP contribution < -0.4 is 10.6 Å². The molecular formula is C18H31IN6O2. The van der Waals surface area contributed by atoms with Crippen LogP contribution in [-0.4, -0.2) is 93.2 Å². The number of amides is 1. The van der Waals surface area contributed by atoms with Crippen LogP contribution in [0.25, 0.3) is 0 Å². The van der Waals surface area contributed by atoms with Crippen molar-refractivity contribution in [3.8, 4) is 0 Å². The number of likely N-dealkylation sites (N-methyl/N-ethyl adjacent to an activating group) is 1. The number of carbonyl (C=O) groups excluding carboxylic acids is 1. The zero-order chi connectivity index (χ0) is 18.6. The molecule has 1 aliphatic rings. The molecule has 1 amide bonds. The molecule has 1 aromatic rings. The minimum absolute atomic E-state index is 0. The van der Waals surface area contributed by atoms with E-state index in [1.165, 1.54) is 0 Å². The Kier molecular flexibility index (Phi) is 11.9. The fourth-order valence-electron chi connectivity index (χ4n) is 2.47. The second kappa shape index (κ2) is 13.7. The Morgan fingerprint density at radius 1 is 1.26 bits per heavy atom. The van der Waals surface area contributed by atoms with Crippen molar-refractivity contribution in [3.05, 3.63) is 30.1 Å². The van der Waals surface area contributed by atoms with Crippen molar-refractivity contribution in [2.75, 3.05) is 66.6 Å². The average Bonchev–Trinajstić information content (AvgIpc) is 2.67. The number of halogens is 1. The molecule has 0 atom stereocenters. The van der Waals surface area contributed by atoms with Crippen LogP contribution in [0.4, 0.5) is 0 Å². The third-order valence-electron chi connectivity index (χ3n) is 4.10. The Morgan fingerprint density at radius 3 is 2.67 bits per heavy atom. The number of aliphatic imine (C=N–C) groups is 1. The van der Waals surface area contributed by atoms with Gasteiger partial charge in [-0.2, -0.15) is 0 Å². The van der Waals surface area contributed by atoms with Crippen molar-refractivity contribution in [2.45, 2.75) is 6.42 Å². The number of morpholine rings is 1. The minimum atomic E-state index is -0.0241. The lowest BCUT2D eigenvalue weighted by Crippen LogP contribution is -2.45. The maximum absolute atomic E-state index is 11.8. The van der Waals surface area contributed by atoms with Crippen molar-refractivity contribution in [3.63, 3.8) is 0 Å². The largest absolute Gasteiger partial charge is 0.379 e. The number of nitrogens with one attached hydrogen (secondary N) is 2. The predicted octanol–water partition coefficient (Wildman–Crippen LogP) is 0.198. The van der Waals surface area contributed by atoms with E-state index < -0.39 is 0 Å². The summed E-state index contributed by atoms with van der Waals surface area (Å²) in [5, 5.41) is 6.60. The molecule has 1 fully saturated rings. The highest BCUT2D eigenvalue weighted by atomic mass is 127. The first kappa shape index (κ1) is 23.6. The van der Waals surface area contributed by atoms with Gasteiger partial charge in [-0.3, -0.25) is 14.7 Å². The molecule has 2 heterocycles. The summed E-state index contributed by atoms with van der Waals surface area (Å²) < 4.78 is 5.36. The number of rotatable bonds is 8. The molecule has 1 aliphatic heterocycles. The maximum atomic E-state index is 11.8. The molecule has 0 unspecified atom stereocenters. The van der Waals surface area contributed by atoms with Gasteiger partial charge in [0.15, 0.2) is 5.96 Å². The van der Waals surface area contributed by atoms with Crippen LogP contribution in [0.5, 0.6) is 0 Å². The molecular weight excluding hydrogens is 459 g/mol. The molecule has 2 rings (SSSR count). The van der Waals surface area contributed by atoms with E-state index in [1.54, 1.807) is 25.2 Å². The average molecular weight is 490 g/mol. The highest BCUT2D eigenvalue weighted by molar-refractivity contribution is 14.0. The van der Waals surface area contributed by atoms with Gasteiger partial charge in [-0.25, -0.2) is 4.99 Å². The number of pyridine rings is 1. The topological polar surface area (TPSA) is 82.1 Å². The molecule has 27 heavy (non-hydrogen) atoms. The van der Waals surface area contributed by atoms with Crippen LogP contribution in [0.3, 0.4) is 0 Å². The molecule has 0 aliphatic carbocycles. The van der Waals surface area contributed by atoms with E-state index in [0.717, 1.165) is 51.5 Å². The van der Waals surface area contributed by atoms with Gasteiger partial charge in [-0.05, 0) is 12.1 Å². The fraction of sp³-hybridized carbons (Fsp3) is 0.611. The van der Waals surface area contributed by atoms with Crippen LogP contribution in [0.1, 0.15) is 5.69 Å². The first-order chi connectivity index (χ1) is 12.6. The van der Waals surface area contributed by atoms with Gasteiger partial charge < -0.3 is 20.3 Å². The third-order valence-corrected chi connectivity index (χ3v) is 4.10. The summed E-state index contributed by atoms with van der Waals surface area (Å²) in [7, 11) is 3.47. The first-order valence-corrected chi connectivity index (χ1v) is 9.07. The lowest BCUT2D eigenvalue weighted by atomic mass is 10.3. The van der Waals surface area contributed by atoms with Crippen molar-refractivity contribution >= 4 is 35.8 Å². The van der Waals surface area contributed by atoms with E-state index in [2.05, 4.69) is 25.5 Å². The van der Waals surface area contributed by atoms with Gasteiger partial charge in [0.1, 0.15) is 6.54 Å². The summed E-state index contributed by atoms with van der Waals surface area (Å²) in [4.78, 5) is 24.4. The number of carbonyl (C=O) groups is 1. The van der Waals surface area contributed by atoms with Crippen LogP contribution in [0.2, 0.25) is 0 Å².